The number of aryl methyl sites for hydroxylation is 1. The van der Waals surface area contributed by atoms with Crippen molar-refractivity contribution < 1.29 is 19.1 Å². The van der Waals surface area contributed by atoms with Gasteiger partial charge in [0.2, 0.25) is 18.6 Å². The van der Waals surface area contributed by atoms with E-state index in [0.717, 1.165) is 22.5 Å². The monoisotopic (exact) mass is 510 g/mol. The van der Waals surface area contributed by atoms with Crippen LogP contribution in [0.2, 0.25) is 0 Å². The lowest BCUT2D eigenvalue weighted by atomic mass is 10.1. The van der Waals surface area contributed by atoms with Gasteiger partial charge in [0, 0.05) is 29.6 Å². The summed E-state index contributed by atoms with van der Waals surface area (Å²) in [7, 11) is 0. The van der Waals surface area contributed by atoms with Crippen molar-refractivity contribution in [1.82, 2.24) is 14.5 Å². The maximum Gasteiger partial charge on any atom is 0.254 e. The Morgan fingerprint density at radius 1 is 1.00 bits per heavy atom. The molecule has 2 heterocycles. The fourth-order valence-electron chi connectivity index (χ4n) is 4.40. The van der Waals surface area contributed by atoms with Crippen LogP contribution in [0.3, 0.4) is 0 Å². The summed E-state index contributed by atoms with van der Waals surface area (Å²) in [6, 6.07) is 22.8. The SMILES string of the molecule is Cc1cccc(-n2cc(-c3ccccc3)nc2NC(=O)CN(CC(C)C)C(=O)c2ccc3c(c2)OCO3)c1. The van der Waals surface area contributed by atoms with Crippen molar-refractivity contribution in [2.45, 2.75) is 20.8 Å². The summed E-state index contributed by atoms with van der Waals surface area (Å²) >= 11 is 0. The standard InChI is InChI=1S/C30H30N4O4/c1-20(2)16-33(29(36)23-12-13-26-27(15-23)38-19-37-26)18-28(35)32-30-31-25(22-9-5-4-6-10-22)17-34(30)24-11-7-8-21(3)14-24/h4-15,17,20H,16,18-19H2,1-3H3,(H,31,32,35). The fourth-order valence-corrected chi connectivity index (χ4v) is 4.40. The molecule has 0 fully saturated rings. The molecule has 5 rings (SSSR count). The molecular formula is C30H30N4O4. The van der Waals surface area contributed by atoms with Gasteiger partial charge in [0.05, 0.1) is 5.69 Å². The second-order valence-corrected chi connectivity index (χ2v) is 9.72. The molecule has 8 heteroatoms. The van der Waals surface area contributed by atoms with Crippen LogP contribution in [0.5, 0.6) is 11.5 Å². The van der Waals surface area contributed by atoms with Crippen LogP contribution < -0.4 is 14.8 Å². The first kappa shape index (κ1) is 25.1. The normalized spacial score (nSPS) is 12.0. The van der Waals surface area contributed by atoms with E-state index in [1.54, 1.807) is 23.1 Å². The van der Waals surface area contributed by atoms with Crippen LogP contribution in [0.15, 0.2) is 79.0 Å². The van der Waals surface area contributed by atoms with E-state index in [1.165, 1.54) is 0 Å². The third-order valence-corrected chi connectivity index (χ3v) is 6.13. The number of carbonyl (C=O) groups excluding carboxylic acids is 2. The minimum absolute atomic E-state index is 0.118. The molecular weight excluding hydrogens is 480 g/mol. The summed E-state index contributed by atoms with van der Waals surface area (Å²) in [5.41, 5.74) is 4.08. The average molecular weight is 511 g/mol. The highest BCUT2D eigenvalue weighted by atomic mass is 16.7. The number of carbonyl (C=O) groups is 2. The van der Waals surface area contributed by atoms with Gasteiger partial charge in [0.15, 0.2) is 11.5 Å². The minimum Gasteiger partial charge on any atom is -0.454 e. The van der Waals surface area contributed by atoms with Gasteiger partial charge in [-0.15, -0.1) is 0 Å². The van der Waals surface area contributed by atoms with Crippen LogP contribution >= 0.6 is 0 Å². The first-order valence-electron chi connectivity index (χ1n) is 12.6. The number of hydrogen-bond acceptors (Lipinski definition) is 5. The Morgan fingerprint density at radius 2 is 1.79 bits per heavy atom. The van der Waals surface area contributed by atoms with Crippen molar-refractivity contribution in [3.8, 4) is 28.4 Å². The highest BCUT2D eigenvalue weighted by molar-refractivity contribution is 5.99. The van der Waals surface area contributed by atoms with Crippen molar-refractivity contribution in [3.05, 3.63) is 90.1 Å². The molecule has 8 nitrogen and oxygen atoms in total. The maximum absolute atomic E-state index is 13.4. The molecule has 1 aliphatic rings. The average Bonchev–Trinajstić information content (AvgIpc) is 3.55. The number of aromatic nitrogens is 2. The smallest absolute Gasteiger partial charge is 0.254 e. The molecule has 4 aromatic rings. The van der Waals surface area contributed by atoms with E-state index in [4.69, 9.17) is 14.5 Å². The molecule has 0 saturated heterocycles. The molecule has 1 N–H and O–H groups in total. The molecule has 0 unspecified atom stereocenters. The van der Waals surface area contributed by atoms with Crippen LogP contribution in [0.4, 0.5) is 5.95 Å². The zero-order valence-electron chi connectivity index (χ0n) is 21.7. The van der Waals surface area contributed by atoms with E-state index in [2.05, 4.69) is 5.32 Å². The minimum atomic E-state index is -0.334. The molecule has 0 aliphatic carbocycles. The Morgan fingerprint density at radius 3 is 2.55 bits per heavy atom. The predicted octanol–water partition coefficient (Wildman–Crippen LogP) is 5.31. The fraction of sp³-hybridized carbons (Fsp3) is 0.233. The molecule has 0 spiro atoms. The number of rotatable bonds is 8. The molecule has 0 radical (unpaired) electrons. The van der Waals surface area contributed by atoms with E-state index in [-0.39, 0.29) is 31.1 Å². The summed E-state index contributed by atoms with van der Waals surface area (Å²) in [6.45, 7) is 6.46. The summed E-state index contributed by atoms with van der Waals surface area (Å²) in [5, 5.41) is 2.94. The second-order valence-electron chi connectivity index (χ2n) is 9.72. The van der Waals surface area contributed by atoms with Gasteiger partial charge in [-0.05, 0) is 48.7 Å². The van der Waals surface area contributed by atoms with E-state index in [9.17, 15) is 9.59 Å². The van der Waals surface area contributed by atoms with Crippen LogP contribution in [-0.4, -0.2) is 46.1 Å². The molecule has 38 heavy (non-hydrogen) atoms. The maximum atomic E-state index is 13.4. The molecule has 0 atom stereocenters. The number of benzene rings is 3. The molecule has 1 aromatic heterocycles. The molecule has 194 valence electrons. The van der Waals surface area contributed by atoms with Crippen molar-refractivity contribution >= 4 is 17.8 Å². The molecule has 2 amide bonds. The lowest BCUT2D eigenvalue weighted by Gasteiger charge is -2.24. The van der Waals surface area contributed by atoms with Crippen molar-refractivity contribution in [2.75, 3.05) is 25.2 Å². The van der Waals surface area contributed by atoms with E-state index in [0.29, 0.717) is 29.6 Å². The largest absolute Gasteiger partial charge is 0.454 e. The summed E-state index contributed by atoms with van der Waals surface area (Å²) in [4.78, 5) is 33.0. The Kier molecular flexibility index (Phi) is 7.13. The number of anilines is 1. The third-order valence-electron chi connectivity index (χ3n) is 6.13. The van der Waals surface area contributed by atoms with Crippen LogP contribution in [0.25, 0.3) is 16.9 Å². The Labute approximate surface area is 221 Å². The molecule has 0 saturated carbocycles. The molecule has 3 aromatic carbocycles. The summed E-state index contributed by atoms with van der Waals surface area (Å²) in [5.74, 6) is 1.10. The lowest BCUT2D eigenvalue weighted by molar-refractivity contribution is -0.117. The highest BCUT2D eigenvalue weighted by Crippen LogP contribution is 2.33. The predicted molar refractivity (Wildman–Crippen MR) is 146 cm³/mol. The summed E-state index contributed by atoms with van der Waals surface area (Å²) in [6.07, 6.45) is 1.91. The number of imidazole rings is 1. The third kappa shape index (κ3) is 5.54. The van der Waals surface area contributed by atoms with Crippen molar-refractivity contribution in [1.29, 1.82) is 0 Å². The van der Waals surface area contributed by atoms with Crippen LogP contribution in [-0.2, 0) is 4.79 Å². The summed E-state index contributed by atoms with van der Waals surface area (Å²) < 4.78 is 12.6. The van der Waals surface area contributed by atoms with Gasteiger partial charge in [-0.3, -0.25) is 19.5 Å². The van der Waals surface area contributed by atoms with E-state index >= 15 is 0 Å². The second kappa shape index (κ2) is 10.8. The zero-order chi connectivity index (χ0) is 26.6. The Bertz CT molecular complexity index is 1460. The number of hydrogen-bond donors (Lipinski definition) is 1. The highest BCUT2D eigenvalue weighted by Gasteiger charge is 2.24. The Balaban J connectivity index is 1.40. The van der Waals surface area contributed by atoms with Crippen molar-refractivity contribution in [2.24, 2.45) is 5.92 Å². The van der Waals surface area contributed by atoms with Crippen molar-refractivity contribution in [3.63, 3.8) is 0 Å². The number of fused-ring (bicyclic) bond motifs is 1. The van der Waals surface area contributed by atoms with E-state index < -0.39 is 0 Å². The van der Waals surface area contributed by atoms with Crippen LogP contribution in [0.1, 0.15) is 29.8 Å². The Hall–Kier alpha value is -4.59. The van der Waals surface area contributed by atoms with Crippen LogP contribution in [0, 0.1) is 12.8 Å². The van der Waals surface area contributed by atoms with Gasteiger partial charge >= 0.3 is 0 Å². The van der Waals surface area contributed by atoms with Gasteiger partial charge in [-0.1, -0.05) is 56.3 Å². The number of ether oxygens (including phenoxy) is 2. The van der Waals surface area contributed by atoms with Gasteiger partial charge in [-0.25, -0.2) is 4.98 Å². The number of nitrogens with zero attached hydrogens (tertiary/aromatic N) is 3. The number of nitrogens with one attached hydrogen (secondary N) is 1. The van der Waals surface area contributed by atoms with Gasteiger partial charge in [0.25, 0.3) is 5.91 Å². The first-order chi connectivity index (χ1) is 18.4. The van der Waals surface area contributed by atoms with Gasteiger partial charge < -0.3 is 14.4 Å². The number of amides is 2. The molecule has 1 aliphatic heterocycles. The van der Waals surface area contributed by atoms with Gasteiger partial charge in [0.1, 0.15) is 6.54 Å². The molecule has 0 bridgehead atoms. The van der Waals surface area contributed by atoms with E-state index in [1.807, 2.05) is 86.1 Å². The topological polar surface area (TPSA) is 85.7 Å². The quantitative estimate of drug-likeness (QED) is 0.347. The lowest BCUT2D eigenvalue weighted by Crippen LogP contribution is -2.40. The zero-order valence-corrected chi connectivity index (χ0v) is 21.7. The first-order valence-corrected chi connectivity index (χ1v) is 12.6. The van der Waals surface area contributed by atoms with Gasteiger partial charge in [-0.2, -0.15) is 0 Å².